The maximum Gasteiger partial charge on any atom is 0.167 e. The molecule has 3 aromatic heterocycles. The Bertz CT molecular complexity index is 680. The second kappa shape index (κ2) is 3.86. The van der Waals surface area contributed by atoms with Crippen molar-refractivity contribution in [3.05, 3.63) is 53.2 Å². The van der Waals surface area contributed by atoms with Crippen LogP contribution in [0.1, 0.15) is 16.1 Å². The summed E-state index contributed by atoms with van der Waals surface area (Å²) in [4.78, 5) is 12.4. The molecule has 3 heterocycles. The van der Waals surface area contributed by atoms with Gasteiger partial charge in [-0.15, -0.1) is 11.3 Å². The van der Waals surface area contributed by atoms with Crippen LogP contribution in [0.5, 0.6) is 0 Å². The van der Waals surface area contributed by atoms with E-state index in [1.807, 2.05) is 41.1 Å². The number of aldehydes is 1. The summed E-state index contributed by atoms with van der Waals surface area (Å²) >= 11 is 1.65. The van der Waals surface area contributed by atoms with Crippen LogP contribution < -0.4 is 0 Å². The largest absolute Gasteiger partial charge is 0.313 e. The Morgan fingerprint density at radius 1 is 1.29 bits per heavy atom. The molecule has 0 aromatic carbocycles. The first-order valence-corrected chi connectivity index (χ1v) is 6.28. The van der Waals surface area contributed by atoms with Crippen LogP contribution in [0, 0.1) is 6.92 Å². The van der Waals surface area contributed by atoms with E-state index in [0.717, 1.165) is 33.5 Å². The van der Waals surface area contributed by atoms with Crippen LogP contribution in [0.2, 0.25) is 0 Å². The third-order valence-electron chi connectivity index (χ3n) is 2.85. The first-order chi connectivity index (χ1) is 8.29. The van der Waals surface area contributed by atoms with Crippen molar-refractivity contribution in [1.82, 2.24) is 4.40 Å². The maximum absolute atomic E-state index is 11.3. The van der Waals surface area contributed by atoms with Crippen molar-refractivity contribution in [2.45, 2.75) is 6.92 Å². The highest BCUT2D eigenvalue weighted by Gasteiger charge is 2.11. The predicted molar refractivity (Wildman–Crippen MR) is 70.8 cm³/mol. The van der Waals surface area contributed by atoms with Gasteiger partial charge in [-0.1, -0.05) is 12.1 Å². The second-order valence-electron chi connectivity index (χ2n) is 4.04. The molecule has 0 unspecified atom stereocenters. The number of carbonyl (C=O) groups is 1. The molecule has 3 rings (SSSR count). The number of fused-ring (bicyclic) bond motifs is 1. The number of hydrogen-bond acceptors (Lipinski definition) is 2. The zero-order valence-electron chi connectivity index (χ0n) is 9.38. The SMILES string of the molecule is Cc1ccc2cc(-c3cccs3)c(C=O)n2c1. The lowest BCUT2D eigenvalue weighted by molar-refractivity contribution is 0.111. The number of pyridine rings is 1. The Labute approximate surface area is 103 Å². The van der Waals surface area contributed by atoms with Crippen LogP contribution in [-0.2, 0) is 0 Å². The Morgan fingerprint density at radius 2 is 2.18 bits per heavy atom. The van der Waals surface area contributed by atoms with Gasteiger partial charge in [0.05, 0.1) is 5.69 Å². The number of aromatic nitrogens is 1. The van der Waals surface area contributed by atoms with Crippen LogP contribution in [0.3, 0.4) is 0 Å². The van der Waals surface area contributed by atoms with E-state index in [2.05, 4.69) is 12.1 Å². The number of thiophene rings is 1. The summed E-state index contributed by atoms with van der Waals surface area (Å²) in [5.41, 5.74) is 3.95. The quantitative estimate of drug-likeness (QED) is 0.625. The minimum atomic E-state index is 0.728. The number of nitrogens with zero attached hydrogens (tertiary/aromatic N) is 1. The van der Waals surface area contributed by atoms with Crippen LogP contribution in [0.25, 0.3) is 16.0 Å². The van der Waals surface area contributed by atoms with Crippen molar-refractivity contribution in [2.24, 2.45) is 0 Å². The normalized spacial score (nSPS) is 10.9. The van der Waals surface area contributed by atoms with Gasteiger partial charge in [-0.3, -0.25) is 4.79 Å². The van der Waals surface area contributed by atoms with Crippen molar-refractivity contribution in [3.8, 4) is 10.4 Å². The molecule has 0 aliphatic carbocycles. The third-order valence-corrected chi connectivity index (χ3v) is 3.76. The maximum atomic E-state index is 11.3. The standard InChI is InChI=1S/C14H11NOS/c1-10-4-5-11-7-12(14-3-2-6-17-14)13(9-16)15(11)8-10/h2-9H,1H3. The van der Waals surface area contributed by atoms with E-state index < -0.39 is 0 Å². The van der Waals surface area contributed by atoms with Crippen molar-refractivity contribution in [1.29, 1.82) is 0 Å². The highest BCUT2D eigenvalue weighted by molar-refractivity contribution is 7.13. The van der Waals surface area contributed by atoms with E-state index in [9.17, 15) is 4.79 Å². The fraction of sp³-hybridized carbons (Fsp3) is 0.0714. The lowest BCUT2D eigenvalue weighted by atomic mass is 10.2. The Kier molecular flexibility index (Phi) is 2.34. The molecule has 0 fully saturated rings. The van der Waals surface area contributed by atoms with Gasteiger partial charge in [-0.25, -0.2) is 0 Å². The first kappa shape index (κ1) is 10.3. The van der Waals surface area contributed by atoms with Crippen LogP contribution in [-0.4, -0.2) is 10.7 Å². The van der Waals surface area contributed by atoms with Crippen molar-refractivity contribution in [3.63, 3.8) is 0 Å². The number of hydrogen-bond donors (Lipinski definition) is 0. The third kappa shape index (κ3) is 1.59. The van der Waals surface area contributed by atoms with Crippen molar-refractivity contribution >= 4 is 23.1 Å². The van der Waals surface area contributed by atoms with E-state index in [1.54, 1.807) is 11.3 Å². The summed E-state index contributed by atoms with van der Waals surface area (Å²) in [6.45, 7) is 2.03. The number of rotatable bonds is 2. The van der Waals surface area contributed by atoms with Gasteiger partial charge in [-0.2, -0.15) is 0 Å². The summed E-state index contributed by atoms with van der Waals surface area (Å²) in [6, 6.07) is 10.2. The van der Waals surface area contributed by atoms with Gasteiger partial charge in [0, 0.05) is 22.2 Å². The second-order valence-corrected chi connectivity index (χ2v) is 4.99. The summed E-state index contributed by atoms with van der Waals surface area (Å²) in [7, 11) is 0. The van der Waals surface area contributed by atoms with Gasteiger partial charge in [0.15, 0.2) is 6.29 Å². The summed E-state index contributed by atoms with van der Waals surface area (Å²) < 4.78 is 1.96. The molecular weight excluding hydrogens is 230 g/mol. The van der Waals surface area contributed by atoms with Crippen LogP contribution >= 0.6 is 11.3 Å². The highest BCUT2D eigenvalue weighted by atomic mass is 32.1. The van der Waals surface area contributed by atoms with Gasteiger partial charge in [0.1, 0.15) is 0 Å². The van der Waals surface area contributed by atoms with E-state index in [1.165, 1.54) is 0 Å². The molecule has 0 saturated heterocycles. The van der Waals surface area contributed by atoms with Crippen molar-refractivity contribution in [2.75, 3.05) is 0 Å². The van der Waals surface area contributed by atoms with E-state index in [0.29, 0.717) is 0 Å². The Morgan fingerprint density at radius 3 is 2.88 bits per heavy atom. The van der Waals surface area contributed by atoms with E-state index in [4.69, 9.17) is 0 Å². The lowest BCUT2D eigenvalue weighted by Crippen LogP contribution is -1.92. The average Bonchev–Trinajstić information content (AvgIpc) is 2.94. The molecule has 0 aliphatic heterocycles. The molecular formula is C14H11NOS. The zero-order valence-corrected chi connectivity index (χ0v) is 10.2. The van der Waals surface area contributed by atoms with E-state index >= 15 is 0 Å². The summed E-state index contributed by atoms with van der Waals surface area (Å²) in [5, 5.41) is 2.03. The van der Waals surface area contributed by atoms with Crippen molar-refractivity contribution < 1.29 is 4.79 Å². The van der Waals surface area contributed by atoms with Gasteiger partial charge in [0.2, 0.25) is 0 Å². The van der Waals surface area contributed by atoms with Gasteiger partial charge < -0.3 is 4.40 Å². The molecule has 0 aliphatic rings. The van der Waals surface area contributed by atoms with Gasteiger partial charge in [0.25, 0.3) is 0 Å². The first-order valence-electron chi connectivity index (χ1n) is 5.40. The predicted octanol–water partition coefficient (Wildman–Crippen LogP) is 3.79. The molecule has 3 heteroatoms. The smallest absolute Gasteiger partial charge is 0.167 e. The minimum absolute atomic E-state index is 0.728. The molecule has 0 radical (unpaired) electrons. The monoisotopic (exact) mass is 241 g/mol. The zero-order chi connectivity index (χ0) is 11.8. The summed E-state index contributed by atoms with van der Waals surface area (Å²) in [6.07, 6.45) is 2.93. The highest BCUT2D eigenvalue weighted by Crippen LogP contribution is 2.30. The minimum Gasteiger partial charge on any atom is -0.313 e. The topological polar surface area (TPSA) is 21.5 Å². The Balaban J connectivity index is 2.36. The molecule has 2 nitrogen and oxygen atoms in total. The average molecular weight is 241 g/mol. The summed E-state index contributed by atoms with van der Waals surface area (Å²) in [5.74, 6) is 0. The number of carbonyl (C=O) groups excluding carboxylic acids is 1. The fourth-order valence-electron chi connectivity index (χ4n) is 2.05. The molecule has 17 heavy (non-hydrogen) atoms. The molecule has 0 spiro atoms. The number of aryl methyl sites for hydroxylation is 1. The van der Waals surface area contributed by atoms with Gasteiger partial charge >= 0.3 is 0 Å². The molecule has 84 valence electrons. The Hall–Kier alpha value is -1.87. The van der Waals surface area contributed by atoms with Crippen LogP contribution in [0.4, 0.5) is 0 Å². The molecule has 0 atom stereocenters. The van der Waals surface area contributed by atoms with Gasteiger partial charge in [-0.05, 0) is 36.1 Å². The molecule has 0 amide bonds. The molecule has 0 saturated carbocycles. The molecule has 3 aromatic rings. The lowest BCUT2D eigenvalue weighted by Gasteiger charge is -1.99. The fourth-order valence-corrected chi connectivity index (χ4v) is 2.80. The van der Waals surface area contributed by atoms with Crippen LogP contribution in [0.15, 0.2) is 41.9 Å². The molecule has 0 N–H and O–H groups in total. The molecule has 0 bridgehead atoms. The van der Waals surface area contributed by atoms with E-state index in [-0.39, 0.29) is 0 Å².